The van der Waals surface area contributed by atoms with E-state index in [1.807, 2.05) is 0 Å². The Morgan fingerprint density at radius 3 is 1.71 bits per heavy atom. The van der Waals surface area contributed by atoms with E-state index in [9.17, 15) is 62.3 Å². The third-order valence-corrected chi connectivity index (χ3v) is 6.35. The largest absolute Gasteiger partial charge is 0.435 e. The van der Waals surface area contributed by atoms with Crippen LogP contribution in [0.1, 0.15) is 31.8 Å². The lowest BCUT2D eigenvalue weighted by molar-refractivity contribution is -0.348. The van der Waals surface area contributed by atoms with Crippen LogP contribution in [0, 0.1) is 21.0 Å². The Morgan fingerprint density at radius 1 is 0.690 bits per heavy atom. The van der Waals surface area contributed by atoms with Crippen LogP contribution < -0.4 is 10.6 Å². The van der Waals surface area contributed by atoms with Gasteiger partial charge in [-0.05, 0) is 59.0 Å². The number of halogens is 14. The third-order valence-electron chi connectivity index (χ3n) is 5.49. The zero-order chi connectivity index (χ0) is 32.0. The predicted molar refractivity (Wildman–Crippen MR) is 128 cm³/mol. The summed E-state index contributed by atoms with van der Waals surface area (Å²) in [5.41, 5.74) is -15.7. The van der Waals surface area contributed by atoms with Crippen LogP contribution in [-0.2, 0) is 11.8 Å². The summed E-state index contributed by atoms with van der Waals surface area (Å²) in [5, 5.41) is 3.26. The van der Waals surface area contributed by atoms with Crippen molar-refractivity contribution < 1.29 is 66.7 Å². The molecule has 0 saturated carbocycles. The molecule has 0 aromatic heterocycles. The fourth-order valence-corrected chi connectivity index (χ4v) is 4.29. The maximum Gasteiger partial charge on any atom is 0.435 e. The van der Waals surface area contributed by atoms with E-state index in [2.05, 4.69) is 0 Å². The monoisotopic (exact) mass is 732 g/mol. The Labute approximate surface area is 239 Å². The van der Waals surface area contributed by atoms with Crippen LogP contribution in [-0.4, -0.2) is 24.2 Å². The van der Waals surface area contributed by atoms with E-state index >= 15 is 4.39 Å². The summed E-state index contributed by atoms with van der Waals surface area (Å²) in [5.74, 6) is -7.65. The molecule has 0 atom stereocenters. The molecule has 0 unspecified atom stereocenters. The van der Waals surface area contributed by atoms with Gasteiger partial charge in [0.05, 0.1) is 22.5 Å². The molecule has 4 nitrogen and oxygen atoms in total. The molecule has 18 heteroatoms. The van der Waals surface area contributed by atoms with Crippen LogP contribution in [0.3, 0.4) is 0 Å². The molecule has 0 aliphatic carbocycles. The van der Waals surface area contributed by atoms with Crippen LogP contribution in [0.2, 0.25) is 0 Å². The van der Waals surface area contributed by atoms with E-state index in [-0.39, 0.29) is 6.07 Å². The zero-order valence-corrected chi connectivity index (χ0v) is 21.9. The molecule has 2 N–H and O–H groups in total. The van der Waals surface area contributed by atoms with Crippen molar-refractivity contribution in [2.45, 2.75) is 24.2 Å². The van der Waals surface area contributed by atoms with Gasteiger partial charge in [-0.2, -0.15) is 39.5 Å². The van der Waals surface area contributed by atoms with Crippen molar-refractivity contribution in [1.29, 1.82) is 0 Å². The van der Waals surface area contributed by atoms with Crippen molar-refractivity contribution in [2.24, 2.45) is 0 Å². The highest BCUT2D eigenvalue weighted by atomic mass is 127. The van der Waals surface area contributed by atoms with Crippen molar-refractivity contribution in [3.8, 4) is 0 Å². The van der Waals surface area contributed by atoms with Crippen molar-refractivity contribution in [1.82, 2.24) is 0 Å². The molecule has 226 valence electrons. The van der Waals surface area contributed by atoms with Gasteiger partial charge in [-0.25, -0.2) is 17.6 Å². The minimum Gasteiger partial charge on any atom is -0.320 e. The second-order valence-corrected chi connectivity index (χ2v) is 9.37. The van der Waals surface area contributed by atoms with Gasteiger partial charge in [0.15, 0.2) is 5.82 Å². The number of anilines is 2. The van der Waals surface area contributed by atoms with Crippen molar-refractivity contribution in [2.75, 3.05) is 10.6 Å². The average Bonchev–Trinajstić information content (AvgIpc) is 2.83. The van der Waals surface area contributed by atoms with Gasteiger partial charge in [0.2, 0.25) is 0 Å². The summed E-state index contributed by atoms with van der Waals surface area (Å²) < 4.78 is 176. The van der Waals surface area contributed by atoms with Crippen molar-refractivity contribution in [3.05, 3.63) is 91.8 Å². The van der Waals surface area contributed by atoms with Gasteiger partial charge in [0.25, 0.3) is 11.8 Å². The maximum absolute atomic E-state index is 15.0. The van der Waals surface area contributed by atoms with Crippen LogP contribution >= 0.6 is 22.6 Å². The van der Waals surface area contributed by atoms with Gasteiger partial charge in [-0.15, -0.1) is 0 Å². The topological polar surface area (TPSA) is 58.2 Å². The Balaban J connectivity index is 2.06. The van der Waals surface area contributed by atoms with E-state index in [0.29, 0.717) is 18.2 Å². The normalized spacial score (nSPS) is 12.7. The minimum atomic E-state index is -6.75. The zero-order valence-electron chi connectivity index (χ0n) is 19.7. The molecule has 0 saturated heterocycles. The van der Waals surface area contributed by atoms with E-state index in [4.69, 9.17) is 0 Å². The van der Waals surface area contributed by atoms with E-state index < -0.39 is 96.7 Å². The van der Waals surface area contributed by atoms with Gasteiger partial charge in [-0.1, -0.05) is 12.1 Å². The highest BCUT2D eigenvalue weighted by Gasteiger charge is 2.73. The molecule has 0 heterocycles. The third kappa shape index (κ3) is 6.12. The number of hydrogen-bond donors (Lipinski definition) is 2. The van der Waals surface area contributed by atoms with Crippen LogP contribution in [0.15, 0.2) is 48.5 Å². The number of rotatable bonds is 5. The lowest BCUT2D eigenvalue weighted by Crippen LogP contribution is -2.50. The molecule has 3 aromatic carbocycles. The highest BCUT2D eigenvalue weighted by molar-refractivity contribution is 14.1. The van der Waals surface area contributed by atoms with Gasteiger partial charge < -0.3 is 10.6 Å². The Bertz CT molecular complexity index is 1510. The number of nitrogens with one attached hydrogen (secondary N) is 2. The summed E-state index contributed by atoms with van der Waals surface area (Å²) in [7, 11) is 0. The molecule has 0 spiro atoms. The molecular formula is C24H10F13IN2O2. The minimum absolute atomic E-state index is 0.234. The predicted octanol–water partition coefficient (Wildman–Crippen LogP) is 8.52. The lowest BCUT2D eigenvalue weighted by atomic mass is 9.92. The lowest BCUT2D eigenvalue weighted by Gasteiger charge is -2.31. The number of carbonyl (C=O) groups excluding carboxylic acids is 2. The molecule has 2 amide bonds. The molecule has 3 aromatic rings. The Morgan fingerprint density at radius 2 is 1.21 bits per heavy atom. The second-order valence-electron chi connectivity index (χ2n) is 8.20. The molecular weight excluding hydrogens is 722 g/mol. The van der Waals surface area contributed by atoms with Crippen molar-refractivity contribution >= 4 is 45.8 Å². The number of carbonyl (C=O) groups is 2. The van der Waals surface area contributed by atoms with Crippen LogP contribution in [0.25, 0.3) is 0 Å². The van der Waals surface area contributed by atoms with E-state index in [1.54, 1.807) is 5.32 Å². The van der Waals surface area contributed by atoms with Gasteiger partial charge >= 0.3 is 24.2 Å². The SMILES string of the molecule is O=C(Nc1c(I)cc(C(F)(C(F)(F)F)C(F)(F)F)cc1C(F)(F)F)c1cccc(NC(=O)c2c(F)cccc2F)c1F. The first-order valence-electron chi connectivity index (χ1n) is 10.7. The first kappa shape index (κ1) is 32.9. The van der Waals surface area contributed by atoms with Crippen molar-refractivity contribution in [3.63, 3.8) is 0 Å². The smallest absolute Gasteiger partial charge is 0.320 e. The molecule has 0 fully saturated rings. The molecule has 0 aliphatic rings. The fraction of sp³-hybridized carbons (Fsp3) is 0.167. The fourth-order valence-electron chi connectivity index (χ4n) is 3.53. The van der Waals surface area contributed by atoms with Crippen LogP contribution in [0.5, 0.6) is 0 Å². The van der Waals surface area contributed by atoms with E-state index in [1.165, 1.54) is 5.32 Å². The van der Waals surface area contributed by atoms with Gasteiger partial charge in [-0.3, -0.25) is 9.59 Å². The van der Waals surface area contributed by atoms with Crippen LogP contribution in [0.4, 0.5) is 68.5 Å². The molecule has 0 aliphatic heterocycles. The summed E-state index contributed by atoms with van der Waals surface area (Å²) in [6, 6.07) is 3.58. The Kier molecular flexibility index (Phi) is 8.82. The van der Waals surface area contributed by atoms with Gasteiger partial charge in [0.1, 0.15) is 17.2 Å². The van der Waals surface area contributed by atoms with Gasteiger partial charge in [0, 0.05) is 9.13 Å². The number of hydrogen-bond acceptors (Lipinski definition) is 2. The maximum atomic E-state index is 15.0. The first-order valence-corrected chi connectivity index (χ1v) is 11.8. The summed E-state index contributed by atoms with van der Waals surface area (Å²) in [4.78, 5) is 25.0. The molecule has 42 heavy (non-hydrogen) atoms. The number of amides is 2. The quantitative estimate of drug-likeness (QED) is 0.204. The highest BCUT2D eigenvalue weighted by Crippen LogP contribution is 2.54. The molecule has 3 rings (SSSR count). The molecule has 0 radical (unpaired) electrons. The summed E-state index contributed by atoms with van der Waals surface area (Å²) in [6.45, 7) is 0. The average molecular weight is 732 g/mol. The Hall–Kier alpha value is -3.58. The first-order chi connectivity index (χ1) is 19.1. The number of alkyl halides is 10. The summed E-state index contributed by atoms with van der Waals surface area (Å²) in [6.07, 6.45) is -19.3. The van der Waals surface area contributed by atoms with E-state index in [0.717, 1.165) is 40.8 Å². The second kappa shape index (κ2) is 11.3. The standard InChI is InChI=1S/C24H10F13IN2O2/c25-12-4-2-5-13(26)16(12)20(42)39-15-6-1-3-10(17(15)27)19(41)40-18-11(22(29,30)31)7-9(8-14(18)38)21(28,23(32,33)34)24(35,36)37/h1-8H,(H,39,42)(H,40,41). The molecule has 0 bridgehead atoms. The number of benzene rings is 3. The summed E-state index contributed by atoms with van der Waals surface area (Å²) >= 11 is 0.807.